The van der Waals surface area contributed by atoms with Gasteiger partial charge in [0.15, 0.2) is 0 Å². The normalized spacial score (nSPS) is 21.5. The summed E-state index contributed by atoms with van der Waals surface area (Å²) in [4.78, 5) is 39.4. The van der Waals surface area contributed by atoms with Gasteiger partial charge in [0.1, 0.15) is 11.6 Å². The third kappa shape index (κ3) is 2.45. The first-order chi connectivity index (χ1) is 9.34. The first-order valence-electron chi connectivity index (χ1n) is 6.56. The maximum atomic E-state index is 12.5. The van der Waals surface area contributed by atoms with Crippen LogP contribution in [0.3, 0.4) is 0 Å². The van der Waals surface area contributed by atoms with Gasteiger partial charge in [0, 0.05) is 12.7 Å². The number of carboxylic acid groups (broad SMARTS) is 1. The second kappa shape index (κ2) is 5.11. The standard InChI is InChI=1S/C14H18N2O4/c1-14(2)6-4-8-16(10(14)13(19)20)12(18)9-5-3-7-15-11(9)17/h3,5,7,10H,4,6,8H2,1-2H3,(H,15,17)(H,19,20). The van der Waals surface area contributed by atoms with E-state index in [2.05, 4.69) is 4.98 Å². The molecule has 0 radical (unpaired) electrons. The lowest BCUT2D eigenvalue weighted by atomic mass is 9.76. The van der Waals surface area contributed by atoms with E-state index in [0.717, 1.165) is 12.8 Å². The van der Waals surface area contributed by atoms with E-state index in [1.54, 1.807) is 6.07 Å². The lowest BCUT2D eigenvalue weighted by molar-refractivity contribution is -0.148. The molecular formula is C14H18N2O4. The van der Waals surface area contributed by atoms with Gasteiger partial charge in [-0.15, -0.1) is 0 Å². The van der Waals surface area contributed by atoms with Crippen LogP contribution in [-0.2, 0) is 4.79 Å². The summed E-state index contributed by atoms with van der Waals surface area (Å²) in [6, 6.07) is 2.06. The number of H-pyrrole nitrogens is 1. The summed E-state index contributed by atoms with van der Waals surface area (Å²) in [6.45, 7) is 4.02. The molecule has 0 saturated carbocycles. The molecule has 0 aliphatic carbocycles. The zero-order valence-electron chi connectivity index (χ0n) is 11.5. The number of nitrogens with zero attached hydrogens (tertiary/aromatic N) is 1. The molecule has 6 nitrogen and oxygen atoms in total. The number of hydrogen-bond donors (Lipinski definition) is 2. The van der Waals surface area contributed by atoms with Crippen molar-refractivity contribution in [1.29, 1.82) is 0 Å². The lowest BCUT2D eigenvalue weighted by Crippen LogP contribution is -2.56. The molecule has 0 spiro atoms. The Morgan fingerprint density at radius 2 is 2.15 bits per heavy atom. The van der Waals surface area contributed by atoms with Gasteiger partial charge in [-0.25, -0.2) is 4.79 Å². The monoisotopic (exact) mass is 278 g/mol. The van der Waals surface area contributed by atoms with Crippen molar-refractivity contribution in [3.05, 3.63) is 34.2 Å². The molecular weight excluding hydrogens is 260 g/mol. The van der Waals surface area contributed by atoms with Gasteiger partial charge in [-0.2, -0.15) is 0 Å². The summed E-state index contributed by atoms with van der Waals surface area (Å²) in [7, 11) is 0. The van der Waals surface area contributed by atoms with Crippen molar-refractivity contribution in [2.24, 2.45) is 5.41 Å². The Labute approximate surface area is 116 Å². The number of aliphatic carboxylic acids is 1. The highest BCUT2D eigenvalue weighted by Crippen LogP contribution is 2.35. The van der Waals surface area contributed by atoms with E-state index in [-0.39, 0.29) is 5.56 Å². The summed E-state index contributed by atoms with van der Waals surface area (Å²) >= 11 is 0. The molecule has 1 saturated heterocycles. The first-order valence-corrected chi connectivity index (χ1v) is 6.56. The van der Waals surface area contributed by atoms with Crippen molar-refractivity contribution < 1.29 is 14.7 Å². The number of piperidine rings is 1. The highest BCUT2D eigenvalue weighted by atomic mass is 16.4. The number of likely N-dealkylation sites (tertiary alicyclic amines) is 1. The maximum absolute atomic E-state index is 12.5. The molecule has 1 aromatic rings. The Bertz CT molecular complexity index is 591. The van der Waals surface area contributed by atoms with E-state index in [1.807, 2.05) is 13.8 Å². The fourth-order valence-corrected chi connectivity index (χ4v) is 2.82. The molecule has 2 heterocycles. The number of rotatable bonds is 2. The molecule has 1 aliphatic rings. The average Bonchev–Trinajstić information content (AvgIpc) is 2.36. The van der Waals surface area contributed by atoms with E-state index in [9.17, 15) is 19.5 Å². The predicted octanol–water partition coefficient (Wildman–Crippen LogP) is 1.09. The number of pyridine rings is 1. The lowest BCUT2D eigenvalue weighted by Gasteiger charge is -2.43. The van der Waals surface area contributed by atoms with Crippen molar-refractivity contribution in [1.82, 2.24) is 9.88 Å². The van der Waals surface area contributed by atoms with Crippen LogP contribution in [0.25, 0.3) is 0 Å². The number of aromatic amines is 1. The predicted molar refractivity (Wildman–Crippen MR) is 72.5 cm³/mol. The fourth-order valence-electron chi connectivity index (χ4n) is 2.82. The zero-order valence-corrected chi connectivity index (χ0v) is 11.5. The van der Waals surface area contributed by atoms with Gasteiger partial charge in [0.2, 0.25) is 0 Å². The number of nitrogens with one attached hydrogen (secondary N) is 1. The molecule has 1 unspecified atom stereocenters. The Balaban J connectivity index is 2.40. The van der Waals surface area contributed by atoms with Crippen molar-refractivity contribution in [2.75, 3.05) is 6.54 Å². The van der Waals surface area contributed by atoms with Crippen LogP contribution in [0.1, 0.15) is 37.0 Å². The van der Waals surface area contributed by atoms with Crippen molar-refractivity contribution in [2.45, 2.75) is 32.7 Å². The molecule has 1 aromatic heterocycles. The maximum Gasteiger partial charge on any atom is 0.326 e. The largest absolute Gasteiger partial charge is 0.480 e. The quantitative estimate of drug-likeness (QED) is 0.847. The van der Waals surface area contributed by atoms with Crippen molar-refractivity contribution in [3.8, 4) is 0 Å². The number of carbonyl (C=O) groups excluding carboxylic acids is 1. The molecule has 2 N–H and O–H groups in total. The third-order valence-electron chi connectivity index (χ3n) is 3.82. The van der Waals surface area contributed by atoms with Crippen LogP contribution in [-0.4, -0.2) is 39.5 Å². The molecule has 0 aromatic carbocycles. The molecule has 1 aliphatic heterocycles. The fraction of sp³-hybridized carbons (Fsp3) is 0.500. The molecule has 20 heavy (non-hydrogen) atoms. The molecule has 1 atom stereocenters. The molecule has 108 valence electrons. The van der Waals surface area contributed by atoms with E-state index in [1.165, 1.54) is 17.2 Å². The van der Waals surface area contributed by atoms with E-state index >= 15 is 0 Å². The summed E-state index contributed by atoms with van der Waals surface area (Å²) in [5.74, 6) is -1.55. The van der Waals surface area contributed by atoms with Crippen LogP contribution < -0.4 is 5.56 Å². The Morgan fingerprint density at radius 1 is 1.45 bits per heavy atom. The summed E-state index contributed by atoms with van der Waals surface area (Å²) in [5, 5.41) is 9.43. The first kappa shape index (κ1) is 14.3. The number of carboxylic acids is 1. The number of amides is 1. The Kier molecular flexibility index (Phi) is 3.65. The SMILES string of the molecule is CC1(C)CCCN(C(=O)c2ccc[nH]c2=O)C1C(=O)O. The van der Waals surface area contributed by atoms with Crippen LogP contribution in [0.15, 0.2) is 23.1 Å². The molecule has 1 fully saturated rings. The van der Waals surface area contributed by atoms with Gasteiger partial charge in [0.25, 0.3) is 11.5 Å². The second-order valence-corrected chi connectivity index (χ2v) is 5.74. The van der Waals surface area contributed by atoms with Gasteiger partial charge >= 0.3 is 5.97 Å². The Morgan fingerprint density at radius 3 is 2.75 bits per heavy atom. The van der Waals surface area contributed by atoms with Crippen LogP contribution in [0, 0.1) is 5.41 Å². The van der Waals surface area contributed by atoms with E-state index in [0.29, 0.717) is 6.54 Å². The minimum absolute atomic E-state index is 0.0172. The van der Waals surface area contributed by atoms with Gasteiger partial charge in [-0.3, -0.25) is 9.59 Å². The van der Waals surface area contributed by atoms with E-state index < -0.39 is 28.9 Å². The van der Waals surface area contributed by atoms with Crippen molar-refractivity contribution >= 4 is 11.9 Å². The zero-order chi connectivity index (χ0) is 14.9. The molecule has 2 rings (SSSR count). The van der Waals surface area contributed by atoms with Crippen molar-refractivity contribution in [3.63, 3.8) is 0 Å². The molecule has 1 amide bonds. The van der Waals surface area contributed by atoms with Gasteiger partial charge < -0.3 is 15.0 Å². The smallest absolute Gasteiger partial charge is 0.326 e. The third-order valence-corrected chi connectivity index (χ3v) is 3.82. The molecule has 0 bridgehead atoms. The minimum Gasteiger partial charge on any atom is -0.480 e. The summed E-state index contributed by atoms with van der Waals surface area (Å²) in [5.41, 5.74) is -1.03. The van der Waals surface area contributed by atoms with Crippen LogP contribution >= 0.6 is 0 Å². The topological polar surface area (TPSA) is 90.5 Å². The number of carbonyl (C=O) groups is 2. The average molecular weight is 278 g/mol. The highest BCUT2D eigenvalue weighted by molar-refractivity contribution is 5.96. The minimum atomic E-state index is -1.03. The van der Waals surface area contributed by atoms with Gasteiger partial charge in [-0.05, 0) is 30.4 Å². The van der Waals surface area contributed by atoms with Crippen LogP contribution in [0.4, 0.5) is 0 Å². The second-order valence-electron chi connectivity index (χ2n) is 5.74. The van der Waals surface area contributed by atoms with Gasteiger partial charge in [-0.1, -0.05) is 13.8 Å². The van der Waals surface area contributed by atoms with Gasteiger partial charge in [0.05, 0.1) is 0 Å². The number of hydrogen-bond acceptors (Lipinski definition) is 3. The number of aromatic nitrogens is 1. The molecule has 6 heteroatoms. The van der Waals surface area contributed by atoms with Crippen LogP contribution in [0.2, 0.25) is 0 Å². The summed E-state index contributed by atoms with van der Waals surface area (Å²) < 4.78 is 0. The van der Waals surface area contributed by atoms with E-state index in [4.69, 9.17) is 0 Å². The Hall–Kier alpha value is -2.11. The highest BCUT2D eigenvalue weighted by Gasteiger charge is 2.44. The summed E-state index contributed by atoms with van der Waals surface area (Å²) in [6.07, 6.45) is 2.90. The van der Waals surface area contributed by atoms with Crippen LogP contribution in [0.5, 0.6) is 0 Å².